The Morgan fingerprint density at radius 2 is 1.97 bits per heavy atom. The maximum absolute atomic E-state index is 13.1. The van der Waals surface area contributed by atoms with Crippen LogP contribution in [0.25, 0.3) is 11.0 Å². The maximum Gasteiger partial charge on any atom is 0.289 e. The quantitative estimate of drug-likeness (QED) is 0.620. The molecule has 2 aliphatic rings. The van der Waals surface area contributed by atoms with Crippen LogP contribution in [0.3, 0.4) is 0 Å². The maximum atomic E-state index is 13.1. The van der Waals surface area contributed by atoms with Gasteiger partial charge in [0.05, 0.1) is 0 Å². The van der Waals surface area contributed by atoms with Crippen LogP contribution in [0.5, 0.6) is 5.75 Å². The van der Waals surface area contributed by atoms with Gasteiger partial charge in [0, 0.05) is 18.5 Å². The lowest BCUT2D eigenvalue weighted by Gasteiger charge is -2.41. The number of carbonyl (C=O) groups excluding carboxylic acids is 1. The Balaban J connectivity index is 1.43. The molecule has 0 bridgehead atoms. The predicted molar refractivity (Wildman–Crippen MR) is 106 cm³/mol. The topological polar surface area (TPSA) is 94.8 Å². The third kappa shape index (κ3) is 3.23. The molecular formula is C21H20N2O5S. The second kappa shape index (κ2) is 6.69. The van der Waals surface area contributed by atoms with E-state index < -0.39 is 15.9 Å². The number of hydrogen-bond acceptors (Lipinski definition) is 5. The lowest BCUT2D eigenvalue weighted by atomic mass is 9.90. The molecule has 2 aliphatic heterocycles. The second-order valence-corrected chi connectivity index (χ2v) is 9.25. The minimum absolute atomic E-state index is 0.123. The van der Waals surface area contributed by atoms with Gasteiger partial charge in [0.2, 0.25) is 4.90 Å². The van der Waals surface area contributed by atoms with Crippen LogP contribution in [0.4, 0.5) is 0 Å². The minimum atomic E-state index is -3.76. The number of benzene rings is 2. The van der Waals surface area contributed by atoms with E-state index in [0.29, 0.717) is 30.7 Å². The van der Waals surface area contributed by atoms with Crippen molar-refractivity contribution < 1.29 is 22.7 Å². The number of fused-ring (bicyclic) bond motifs is 2. The molecule has 0 radical (unpaired) electrons. The third-order valence-corrected chi connectivity index (χ3v) is 7.11. The largest absolute Gasteiger partial charge is 0.593 e. The van der Waals surface area contributed by atoms with Gasteiger partial charge in [0.25, 0.3) is 5.91 Å². The summed E-state index contributed by atoms with van der Waals surface area (Å²) in [7, 11) is -3.76. The molecule has 1 N–H and O–H groups in total. The summed E-state index contributed by atoms with van der Waals surface area (Å²) in [6.07, 6.45) is 1.25. The number of nitrogens with zero attached hydrogens (tertiary/aromatic N) is 1. The SMILES string of the molecule is O=C(c1cc2ccccc2o1)N1CCCC2(COc3ccccc3[S+](=O)([O-])N2)C1. The summed E-state index contributed by atoms with van der Waals surface area (Å²) in [6, 6.07) is 15.7. The standard InChI is InChI=1S/C21H20N2O5S/c24-20(18-12-15-6-1-2-7-16(15)28-18)23-11-5-10-21(13-23)14-27-17-8-3-4-9-19(17)29(25,26)22-21/h1-4,6-9,12H,5,10-11,13-14H2,(H-,22,25,26). The van der Waals surface area contributed by atoms with Gasteiger partial charge in [-0.25, -0.2) is 0 Å². The normalized spacial score (nSPS) is 26.7. The Bertz CT molecular complexity index is 1110. The number of rotatable bonds is 1. The highest BCUT2D eigenvalue weighted by Crippen LogP contribution is 2.35. The number of furan rings is 1. The van der Waals surface area contributed by atoms with Crippen molar-refractivity contribution in [2.75, 3.05) is 19.7 Å². The van der Waals surface area contributed by atoms with Gasteiger partial charge in [0.15, 0.2) is 21.9 Å². The van der Waals surface area contributed by atoms with E-state index >= 15 is 0 Å². The van der Waals surface area contributed by atoms with Crippen molar-refractivity contribution in [1.29, 1.82) is 0 Å². The van der Waals surface area contributed by atoms with Crippen LogP contribution in [0.1, 0.15) is 23.4 Å². The highest BCUT2D eigenvalue weighted by molar-refractivity contribution is 7.96. The molecule has 5 rings (SSSR count). The molecule has 0 saturated carbocycles. The van der Waals surface area contributed by atoms with E-state index in [0.717, 1.165) is 5.39 Å². The predicted octanol–water partition coefficient (Wildman–Crippen LogP) is 2.99. The summed E-state index contributed by atoms with van der Waals surface area (Å²) in [4.78, 5) is 14.8. The average Bonchev–Trinajstić information content (AvgIpc) is 3.12. The molecule has 8 heteroatoms. The number of hydrogen-bond donors (Lipinski definition) is 1. The number of carbonyl (C=O) groups is 1. The molecular weight excluding hydrogens is 392 g/mol. The van der Waals surface area contributed by atoms with Crippen molar-refractivity contribution in [3.05, 3.63) is 60.4 Å². The molecule has 1 aromatic heterocycles. The van der Waals surface area contributed by atoms with Crippen LogP contribution in [-0.4, -0.2) is 40.6 Å². The van der Waals surface area contributed by atoms with Gasteiger partial charge in [-0.05, 0) is 37.1 Å². The third-order valence-electron chi connectivity index (χ3n) is 5.49. The molecule has 3 heterocycles. The van der Waals surface area contributed by atoms with E-state index in [9.17, 15) is 13.6 Å². The summed E-state index contributed by atoms with van der Waals surface area (Å²) in [5.41, 5.74) is -0.228. The van der Waals surface area contributed by atoms with Crippen molar-refractivity contribution in [1.82, 2.24) is 9.62 Å². The molecule has 2 unspecified atom stereocenters. The van der Waals surface area contributed by atoms with Gasteiger partial charge < -0.3 is 18.6 Å². The van der Waals surface area contributed by atoms with E-state index in [1.807, 2.05) is 24.3 Å². The van der Waals surface area contributed by atoms with Crippen LogP contribution >= 0.6 is 0 Å². The number of amides is 1. The molecule has 2 atom stereocenters. The lowest BCUT2D eigenvalue weighted by Crippen LogP contribution is -2.62. The second-order valence-electron chi connectivity index (χ2n) is 7.60. The number of nitrogens with one attached hydrogen (secondary N) is 1. The summed E-state index contributed by atoms with van der Waals surface area (Å²) < 4.78 is 40.2. The zero-order valence-corrected chi connectivity index (χ0v) is 16.4. The number of ether oxygens (including phenoxy) is 1. The van der Waals surface area contributed by atoms with Crippen molar-refractivity contribution >= 4 is 27.3 Å². The first-order valence-electron chi connectivity index (χ1n) is 9.50. The van der Waals surface area contributed by atoms with E-state index in [-0.39, 0.29) is 29.7 Å². The number of likely N-dealkylation sites (tertiary alicyclic amines) is 1. The molecule has 150 valence electrons. The highest BCUT2D eigenvalue weighted by atomic mass is 32.3. The number of piperidine rings is 1. The van der Waals surface area contributed by atoms with E-state index in [2.05, 4.69) is 4.72 Å². The Hall–Kier alpha value is -2.68. The molecule has 29 heavy (non-hydrogen) atoms. The molecule has 1 spiro atoms. The van der Waals surface area contributed by atoms with Crippen LogP contribution in [-0.2, 0) is 14.6 Å². The average molecular weight is 412 g/mol. The first kappa shape index (κ1) is 18.4. The summed E-state index contributed by atoms with van der Waals surface area (Å²) in [5, 5.41) is 0.858. The molecule has 7 nitrogen and oxygen atoms in total. The van der Waals surface area contributed by atoms with Gasteiger partial charge in [-0.2, -0.15) is 0 Å². The zero-order chi connectivity index (χ0) is 20.1. The van der Waals surface area contributed by atoms with E-state index in [4.69, 9.17) is 9.15 Å². The van der Waals surface area contributed by atoms with Gasteiger partial charge >= 0.3 is 0 Å². The summed E-state index contributed by atoms with van der Waals surface area (Å²) >= 11 is 0. The fourth-order valence-corrected chi connectivity index (χ4v) is 5.68. The van der Waals surface area contributed by atoms with Gasteiger partial charge in [-0.3, -0.25) is 4.79 Å². The van der Waals surface area contributed by atoms with Gasteiger partial charge in [-0.1, -0.05) is 34.5 Å². The molecule has 1 fully saturated rings. The first-order valence-corrected chi connectivity index (χ1v) is 11.0. The smallest absolute Gasteiger partial charge is 0.289 e. The molecule has 3 aromatic rings. The molecule has 2 aromatic carbocycles. The lowest BCUT2D eigenvalue weighted by molar-refractivity contribution is 0.0525. The highest BCUT2D eigenvalue weighted by Gasteiger charge is 2.47. The Morgan fingerprint density at radius 3 is 2.83 bits per heavy atom. The van der Waals surface area contributed by atoms with Crippen LogP contribution in [0.2, 0.25) is 0 Å². The Labute approximate surface area is 169 Å². The fraction of sp³-hybridized carbons (Fsp3) is 0.286. The van der Waals surface area contributed by atoms with Crippen molar-refractivity contribution in [2.45, 2.75) is 23.3 Å². The summed E-state index contributed by atoms with van der Waals surface area (Å²) in [5.74, 6) is 0.336. The first-order chi connectivity index (χ1) is 14.0. The van der Waals surface area contributed by atoms with Crippen molar-refractivity contribution in [3.8, 4) is 5.75 Å². The zero-order valence-electron chi connectivity index (χ0n) is 15.6. The molecule has 0 aliphatic carbocycles. The number of sulfonamides is 1. The van der Waals surface area contributed by atoms with Gasteiger partial charge in [0.1, 0.15) is 17.7 Å². The molecule has 1 amide bonds. The minimum Gasteiger partial charge on any atom is -0.593 e. The van der Waals surface area contributed by atoms with Crippen molar-refractivity contribution in [2.24, 2.45) is 0 Å². The van der Waals surface area contributed by atoms with Crippen LogP contribution in [0.15, 0.2) is 63.9 Å². The van der Waals surface area contributed by atoms with E-state index in [1.54, 1.807) is 29.2 Å². The fourth-order valence-electron chi connectivity index (χ4n) is 4.13. The Kier molecular flexibility index (Phi) is 4.23. The van der Waals surface area contributed by atoms with Crippen LogP contribution in [0, 0.1) is 0 Å². The monoisotopic (exact) mass is 412 g/mol. The molecule has 1 saturated heterocycles. The summed E-state index contributed by atoms with van der Waals surface area (Å²) in [6.45, 7) is 0.912. The van der Waals surface area contributed by atoms with Crippen LogP contribution < -0.4 is 9.46 Å². The van der Waals surface area contributed by atoms with Crippen molar-refractivity contribution in [3.63, 3.8) is 0 Å². The Morgan fingerprint density at radius 1 is 1.17 bits per heavy atom. The van der Waals surface area contributed by atoms with Gasteiger partial charge in [-0.15, -0.1) is 4.72 Å². The number of para-hydroxylation sites is 2. The van der Waals surface area contributed by atoms with E-state index in [1.165, 1.54) is 6.07 Å².